The van der Waals surface area contributed by atoms with Crippen molar-refractivity contribution in [1.82, 2.24) is 14.8 Å². The number of aliphatic hydroxyl groups is 1. The van der Waals surface area contributed by atoms with E-state index >= 15 is 0 Å². The Bertz CT molecular complexity index is 444. The monoisotopic (exact) mass is 147 g/mol. The summed E-state index contributed by atoms with van der Waals surface area (Å²) < 4.78 is 1.75. The molecule has 0 aliphatic heterocycles. The quantitative estimate of drug-likeness (QED) is 0.536. The van der Waals surface area contributed by atoms with E-state index in [1.807, 2.05) is 12.1 Å². The highest BCUT2D eigenvalue weighted by molar-refractivity contribution is 5.91. The van der Waals surface area contributed by atoms with E-state index in [-0.39, 0.29) is 6.61 Å². The van der Waals surface area contributed by atoms with Crippen LogP contribution in [0.4, 0.5) is 0 Å². The number of nitrogens with zero attached hydrogens (tertiary/aromatic N) is 3. The molecule has 3 heterocycles. The van der Waals surface area contributed by atoms with Gasteiger partial charge in [-0.2, -0.15) is 0 Å². The Kier molecular flexibility index (Phi) is 0.683. The SMILES string of the molecule is OCc1c2nnn3c1ccc23. The fourth-order valence-electron chi connectivity index (χ4n) is 1.57. The van der Waals surface area contributed by atoms with E-state index in [0.717, 1.165) is 22.1 Å². The second-order valence-corrected chi connectivity index (χ2v) is 2.59. The molecule has 0 aromatic carbocycles. The highest BCUT2D eigenvalue weighted by atomic mass is 16.3. The van der Waals surface area contributed by atoms with Gasteiger partial charge in [0.05, 0.1) is 17.6 Å². The zero-order chi connectivity index (χ0) is 7.42. The second-order valence-electron chi connectivity index (χ2n) is 2.59. The molecule has 0 aliphatic rings. The Balaban J connectivity index is 2.67. The summed E-state index contributed by atoms with van der Waals surface area (Å²) in [6.07, 6.45) is 0. The molecule has 54 valence electrons. The minimum Gasteiger partial charge on any atom is -0.392 e. The Morgan fingerprint density at radius 1 is 1.36 bits per heavy atom. The van der Waals surface area contributed by atoms with Gasteiger partial charge in [-0.1, -0.05) is 5.21 Å². The van der Waals surface area contributed by atoms with Gasteiger partial charge < -0.3 is 5.11 Å². The summed E-state index contributed by atoms with van der Waals surface area (Å²) in [5, 5.41) is 16.7. The van der Waals surface area contributed by atoms with Gasteiger partial charge >= 0.3 is 0 Å². The Morgan fingerprint density at radius 2 is 2.18 bits per heavy atom. The summed E-state index contributed by atoms with van der Waals surface area (Å²) >= 11 is 0. The number of hydrogen-bond donors (Lipinski definition) is 1. The van der Waals surface area contributed by atoms with Crippen LogP contribution >= 0.6 is 0 Å². The maximum atomic E-state index is 8.96. The molecule has 4 nitrogen and oxygen atoms in total. The lowest BCUT2D eigenvalue weighted by atomic mass is 10.2. The zero-order valence-corrected chi connectivity index (χ0v) is 5.65. The number of hydrogen-bond acceptors (Lipinski definition) is 3. The van der Waals surface area contributed by atoms with Gasteiger partial charge in [0.2, 0.25) is 0 Å². The van der Waals surface area contributed by atoms with Crippen LogP contribution in [0.15, 0.2) is 12.1 Å². The first-order valence-corrected chi connectivity index (χ1v) is 3.40. The van der Waals surface area contributed by atoms with E-state index in [1.165, 1.54) is 0 Å². The van der Waals surface area contributed by atoms with Gasteiger partial charge in [-0.15, -0.1) is 5.10 Å². The van der Waals surface area contributed by atoms with Crippen molar-refractivity contribution in [2.45, 2.75) is 6.61 Å². The number of rotatable bonds is 1. The summed E-state index contributed by atoms with van der Waals surface area (Å²) in [5.41, 5.74) is 3.72. The highest BCUT2D eigenvalue weighted by Crippen LogP contribution is 2.27. The van der Waals surface area contributed by atoms with Crippen LogP contribution in [0.3, 0.4) is 0 Å². The van der Waals surface area contributed by atoms with Crippen molar-refractivity contribution in [3.63, 3.8) is 0 Å². The molecular weight excluding hydrogens is 142 g/mol. The van der Waals surface area contributed by atoms with Crippen LogP contribution in [0.25, 0.3) is 16.6 Å². The maximum Gasteiger partial charge on any atom is 0.121 e. The number of benzene rings is 1. The predicted molar refractivity (Wildman–Crippen MR) is 38.8 cm³/mol. The van der Waals surface area contributed by atoms with Crippen LogP contribution < -0.4 is 0 Å². The molecular formula is C7H5N3O. The Hall–Kier alpha value is -1.42. The summed E-state index contributed by atoms with van der Waals surface area (Å²) in [4.78, 5) is 0. The van der Waals surface area contributed by atoms with Gasteiger partial charge in [-0.05, 0) is 12.1 Å². The molecule has 0 amide bonds. The third-order valence-corrected chi connectivity index (χ3v) is 2.09. The normalized spacial score (nSPS) is 12.5. The Labute approximate surface area is 61.7 Å². The summed E-state index contributed by atoms with van der Waals surface area (Å²) in [7, 11) is 0. The summed E-state index contributed by atoms with van der Waals surface area (Å²) in [6, 6.07) is 3.91. The van der Waals surface area contributed by atoms with E-state index in [1.54, 1.807) is 4.52 Å². The lowest BCUT2D eigenvalue weighted by molar-refractivity contribution is 0.284. The third kappa shape index (κ3) is 0.397. The van der Waals surface area contributed by atoms with Crippen LogP contribution in [-0.4, -0.2) is 19.9 Å². The van der Waals surface area contributed by atoms with Crippen molar-refractivity contribution >= 4 is 16.6 Å². The van der Waals surface area contributed by atoms with Crippen molar-refractivity contribution in [2.24, 2.45) is 0 Å². The Morgan fingerprint density at radius 3 is 2.73 bits per heavy atom. The first kappa shape index (κ1) is 5.26. The van der Waals surface area contributed by atoms with E-state index < -0.39 is 0 Å². The lowest BCUT2D eigenvalue weighted by Crippen LogP contribution is -1.90. The van der Waals surface area contributed by atoms with Crippen molar-refractivity contribution < 1.29 is 5.11 Å². The molecule has 3 aromatic rings. The molecule has 0 spiro atoms. The van der Waals surface area contributed by atoms with Crippen molar-refractivity contribution in [3.8, 4) is 0 Å². The van der Waals surface area contributed by atoms with Crippen LogP contribution in [-0.2, 0) is 6.61 Å². The van der Waals surface area contributed by atoms with Crippen LogP contribution in [0.5, 0.6) is 0 Å². The molecule has 0 unspecified atom stereocenters. The van der Waals surface area contributed by atoms with Gasteiger partial charge in [0.15, 0.2) is 0 Å². The van der Waals surface area contributed by atoms with Crippen LogP contribution in [0, 0.1) is 0 Å². The predicted octanol–water partition coefficient (Wildman–Crippen LogP) is 0.250. The molecule has 0 saturated heterocycles. The van der Waals surface area contributed by atoms with Crippen molar-refractivity contribution in [2.75, 3.05) is 0 Å². The molecule has 3 rings (SSSR count). The van der Waals surface area contributed by atoms with Gasteiger partial charge in [-0.3, -0.25) is 0 Å². The first-order chi connectivity index (χ1) is 5.42. The lowest BCUT2D eigenvalue weighted by Gasteiger charge is -1.92. The molecule has 0 aliphatic carbocycles. The van der Waals surface area contributed by atoms with Gasteiger partial charge in [0.1, 0.15) is 5.52 Å². The minimum atomic E-state index is 0.0496. The molecule has 1 N–H and O–H groups in total. The van der Waals surface area contributed by atoms with E-state index in [0.29, 0.717) is 0 Å². The zero-order valence-electron chi connectivity index (χ0n) is 5.65. The second kappa shape index (κ2) is 1.43. The van der Waals surface area contributed by atoms with Gasteiger partial charge in [0, 0.05) is 5.56 Å². The highest BCUT2D eigenvalue weighted by Gasteiger charge is 2.17. The molecule has 0 radical (unpaired) electrons. The standard InChI is InChI=1S/C7H5N3O/c11-3-4-5-1-2-6-7(4)8-9-10(5)6/h1-2,11H,3H2. The van der Waals surface area contributed by atoms with Gasteiger partial charge in [-0.25, -0.2) is 4.52 Å². The molecule has 3 aromatic heterocycles. The average Bonchev–Trinajstić information content (AvgIpc) is 2.66. The molecule has 0 fully saturated rings. The number of aromatic nitrogens is 3. The van der Waals surface area contributed by atoms with E-state index in [2.05, 4.69) is 10.3 Å². The van der Waals surface area contributed by atoms with Crippen LogP contribution in [0.1, 0.15) is 5.56 Å². The fourth-order valence-corrected chi connectivity index (χ4v) is 1.57. The maximum absolute atomic E-state index is 8.96. The summed E-state index contributed by atoms with van der Waals surface area (Å²) in [6.45, 7) is 0.0496. The smallest absolute Gasteiger partial charge is 0.121 e. The molecule has 11 heavy (non-hydrogen) atoms. The first-order valence-electron chi connectivity index (χ1n) is 3.40. The fraction of sp³-hybridized carbons (Fsp3) is 0.143. The average molecular weight is 147 g/mol. The molecule has 0 atom stereocenters. The van der Waals surface area contributed by atoms with E-state index in [9.17, 15) is 0 Å². The summed E-state index contributed by atoms with van der Waals surface area (Å²) in [5.74, 6) is 0. The van der Waals surface area contributed by atoms with Gasteiger partial charge in [0.25, 0.3) is 0 Å². The largest absolute Gasteiger partial charge is 0.392 e. The minimum absolute atomic E-state index is 0.0496. The van der Waals surface area contributed by atoms with E-state index in [4.69, 9.17) is 5.11 Å². The molecule has 4 bridgehead atoms. The van der Waals surface area contributed by atoms with Crippen LogP contribution in [0.2, 0.25) is 0 Å². The molecule has 4 heteroatoms. The van der Waals surface area contributed by atoms with Crippen molar-refractivity contribution in [3.05, 3.63) is 17.7 Å². The van der Waals surface area contributed by atoms with Crippen molar-refractivity contribution in [1.29, 1.82) is 0 Å². The molecule has 0 saturated carbocycles. The third-order valence-electron chi connectivity index (χ3n) is 2.09. The topological polar surface area (TPSA) is 50.4 Å². The number of aliphatic hydroxyl groups excluding tert-OH is 1.